The Bertz CT molecular complexity index is 446. The number of carboxylic acid groups (broad SMARTS) is 1. The first-order valence-corrected chi connectivity index (χ1v) is 5.56. The fourth-order valence-electron chi connectivity index (χ4n) is 1.17. The van der Waals surface area contributed by atoms with Crippen LogP contribution in [0.25, 0.3) is 0 Å². The maximum atomic E-state index is 10.7. The quantitative estimate of drug-likeness (QED) is 0.658. The highest BCUT2D eigenvalue weighted by Crippen LogP contribution is 2.18. The number of hydrogen-bond acceptors (Lipinski definition) is 2. The molecule has 0 aliphatic carbocycles. The van der Waals surface area contributed by atoms with Crippen LogP contribution in [0.5, 0.6) is 0 Å². The number of rotatable bonds is 4. The highest BCUT2D eigenvalue weighted by molar-refractivity contribution is 9.10. The van der Waals surface area contributed by atoms with Gasteiger partial charge >= 0.3 is 5.97 Å². The molecule has 0 saturated carbocycles. The van der Waals surface area contributed by atoms with Crippen LogP contribution < -0.4 is 5.32 Å². The molecule has 0 atom stereocenters. The molecule has 0 fully saturated rings. The van der Waals surface area contributed by atoms with Crippen LogP contribution in [0.2, 0.25) is 0 Å². The van der Waals surface area contributed by atoms with Gasteiger partial charge in [-0.3, -0.25) is 0 Å². The molecule has 0 bridgehead atoms. The number of carbonyl (C=O) groups is 1. The van der Waals surface area contributed by atoms with E-state index in [0.717, 1.165) is 10.0 Å². The monoisotopic (exact) mass is 281 g/mol. The summed E-state index contributed by atoms with van der Waals surface area (Å²) in [6.45, 7) is 3.08. The second kappa shape index (κ2) is 6.31. The molecule has 84 valence electrons. The molecule has 1 rings (SSSR count). The van der Waals surface area contributed by atoms with Crippen LogP contribution in [-0.4, -0.2) is 17.6 Å². The van der Waals surface area contributed by atoms with Gasteiger partial charge in [-0.1, -0.05) is 27.9 Å². The number of benzene rings is 1. The van der Waals surface area contributed by atoms with E-state index in [1.807, 2.05) is 0 Å². The van der Waals surface area contributed by atoms with E-state index in [0.29, 0.717) is 13.1 Å². The van der Waals surface area contributed by atoms with E-state index < -0.39 is 5.97 Å². The van der Waals surface area contributed by atoms with E-state index in [4.69, 9.17) is 5.11 Å². The molecule has 1 aromatic rings. The van der Waals surface area contributed by atoms with Crippen molar-refractivity contribution < 1.29 is 9.90 Å². The van der Waals surface area contributed by atoms with E-state index in [-0.39, 0.29) is 5.56 Å². The Morgan fingerprint density at radius 3 is 2.88 bits per heavy atom. The van der Waals surface area contributed by atoms with Gasteiger partial charge in [0.1, 0.15) is 0 Å². The van der Waals surface area contributed by atoms with Gasteiger partial charge in [0, 0.05) is 11.0 Å². The predicted molar refractivity (Wildman–Crippen MR) is 66.3 cm³/mol. The third-order valence-electron chi connectivity index (χ3n) is 2.01. The second-order valence-electron chi connectivity index (χ2n) is 3.14. The Hall–Kier alpha value is -1.31. The minimum atomic E-state index is -0.919. The summed E-state index contributed by atoms with van der Waals surface area (Å²) in [6.07, 6.45) is 0. The Kier molecular flexibility index (Phi) is 5.03. The first-order chi connectivity index (χ1) is 7.65. The number of hydrogen-bond donors (Lipinski definition) is 2. The lowest BCUT2D eigenvalue weighted by atomic mass is 10.1. The molecule has 0 aliphatic heterocycles. The molecule has 4 heteroatoms. The van der Waals surface area contributed by atoms with Crippen molar-refractivity contribution in [2.45, 2.75) is 13.5 Å². The lowest BCUT2D eigenvalue weighted by molar-refractivity contribution is 0.0697. The van der Waals surface area contributed by atoms with E-state index >= 15 is 0 Å². The molecule has 16 heavy (non-hydrogen) atoms. The zero-order chi connectivity index (χ0) is 12.0. The predicted octanol–water partition coefficient (Wildman–Crippen LogP) is 2.26. The minimum absolute atomic E-state index is 0.281. The molecule has 0 amide bonds. The molecule has 0 spiro atoms. The Labute approximate surface area is 103 Å². The molecule has 0 aromatic heterocycles. The molecule has 3 nitrogen and oxygen atoms in total. The van der Waals surface area contributed by atoms with Crippen LogP contribution >= 0.6 is 15.9 Å². The molecular weight excluding hydrogens is 270 g/mol. The van der Waals surface area contributed by atoms with Crippen molar-refractivity contribution in [1.82, 2.24) is 5.32 Å². The Morgan fingerprint density at radius 2 is 2.31 bits per heavy atom. The Morgan fingerprint density at radius 1 is 1.56 bits per heavy atom. The summed E-state index contributed by atoms with van der Waals surface area (Å²) in [5.74, 6) is 4.77. The molecule has 0 saturated heterocycles. The van der Waals surface area contributed by atoms with Gasteiger partial charge in [-0.2, -0.15) is 0 Å². The summed E-state index contributed by atoms with van der Waals surface area (Å²) in [7, 11) is 0. The van der Waals surface area contributed by atoms with Crippen molar-refractivity contribution in [3.8, 4) is 11.8 Å². The summed E-state index contributed by atoms with van der Waals surface area (Å²) in [6, 6.07) is 4.99. The molecule has 0 radical (unpaired) electrons. The largest absolute Gasteiger partial charge is 0.478 e. The van der Waals surface area contributed by atoms with Gasteiger partial charge in [0.2, 0.25) is 0 Å². The van der Waals surface area contributed by atoms with E-state index in [1.165, 1.54) is 0 Å². The van der Waals surface area contributed by atoms with Gasteiger partial charge in [0.15, 0.2) is 0 Å². The van der Waals surface area contributed by atoms with Gasteiger partial charge in [-0.25, -0.2) is 4.79 Å². The summed E-state index contributed by atoms with van der Waals surface area (Å²) < 4.78 is 0.796. The number of aromatic carboxylic acids is 1. The van der Waals surface area contributed by atoms with Crippen LogP contribution in [0.15, 0.2) is 22.7 Å². The standard InChI is InChI=1S/C12H12BrNO2/c1-2-3-6-14-8-10-5-4-9(12(15)16)7-11(10)13/h4-5,7,14H,6,8H2,1H3,(H,15,16). The molecule has 2 N–H and O–H groups in total. The fourth-order valence-corrected chi connectivity index (χ4v) is 1.69. The van der Waals surface area contributed by atoms with Gasteiger partial charge in [-0.15, -0.1) is 5.92 Å². The number of halogens is 1. The summed E-state index contributed by atoms with van der Waals surface area (Å²) >= 11 is 3.35. The first kappa shape index (κ1) is 12.8. The van der Waals surface area contributed by atoms with E-state index in [9.17, 15) is 4.79 Å². The third-order valence-corrected chi connectivity index (χ3v) is 2.74. The summed E-state index contributed by atoms with van der Waals surface area (Å²) in [4.78, 5) is 10.7. The van der Waals surface area contributed by atoms with Crippen molar-refractivity contribution in [3.05, 3.63) is 33.8 Å². The molecule has 1 aromatic carbocycles. The van der Waals surface area contributed by atoms with Crippen molar-refractivity contribution in [1.29, 1.82) is 0 Å². The van der Waals surface area contributed by atoms with Gasteiger partial charge in [0.05, 0.1) is 12.1 Å². The lowest BCUT2D eigenvalue weighted by Gasteiger charge is -2.05. The lowest BCUT2D eigenvalue weighted by Crippen LogP contribution is -2.13. The normalized spacial score (nSPS) is 9.38. The zero-order valence-corrected chi connectivity index (χ0v) is 10.5. The van der Waals surface area contributed by atoms with Crippen LogP contribution in [0.3, 0.4) is 0 Å². The van der Waals surface area contributed by atoms with E-state index in [1.54, 1.807) is 25.1 Å². The number of carboxylic acids is 1. The van der Waals surface area contributed by atoms with E-state index in [2.05, 4.69) is 33.1 Å². The molecule has 0 aliphatic rings. The van der Waals surface area contributed by atoms with Crippen LogP contribution in [0, 0.1) is 11.8 Å². The van der Waals surface area contributed by atoms with Gasteiger partial charge < -0.3 is 10.4 Å². The maximum Gasteiger partial charge on any atom is 0.335 e. The van der Waals surface area contributed by atoms with Crippen LogP contribution in [0.1, 0.15) is 22.8 Å². The second-order valence-corrected chi connectivity index (χ2v) is 4.00. The van der Waals surface area contributed by atoms with Crippen LogP contribution in [0.4, 0.5) is 0 Å². The first-order valence-electron chi connectivity index (χ1n) is 4.77. The smallest absolute Gasteiger partial charge is 0.335 e. The summed E-state index contributed by atoms with van der Waals surface area (Å²) in [5.41, 5.74) is 1.30. The minimum Gasteiger partial charge on any atom is -0.478 e. The Balaban J connectivity index is 2.67. The average Bonchev–Trinajstić information content (AvgIpc) is 2.26. The average molecular weight is 282 g/mol. The maximum absolute atomic E-state index is 10.7. The zero-order valence-electron chi connectivity index (χ0n) is 8.88. The topological polar surface area (TPSA) is 49.3 Å². The van der Waals surface area contributed by atoms with Gasteiger partial charge in [-0.05, 0) is 24.6 Å². The van der Waals surface area contributed by atoms with Crippen LogP contribution in [-0.2, 0) is 6.54 Å². The highest BCUT2D eigenvalue weighted by Gasteiger charge is 2.05. The van der Waals surface area contributed by atoms with Gasteiger partial charge in [0.25, 0.3) is 0 Å². The van der Waals surface area contributed by atoms with Crippen molar-refractivity contribution >= 4 is 21.9 Å². The number of nitrogens with one attached hydrogen (secondary N) is 1. The molecular formula is C12H12BrNO2. The summed E-state index contributed by atoms with van der Waals surface area (Å²) in [5, 5.41) is 11.9. The SMILES string of the molecule is CC#CCNCc1ccc(C(=O)O)cc1Br. The van der Waals surface area contributed by atoms with Crippen molar-refractivity contribution in [2.75, 3.05) is 6.54 Å². The fraction of sp³-hybridized carbons (Fsp3) is 0.250. The van der Waals surface area contributed by atoms with Crippen molar-refractivity contribution in [3.63, 3.8) is 0 Å². The highest BCUT2D eigenvalue weighted by atomic mass is 79.9. The molecule has 0 heterocycles. The molecule has 0 unspecified atom stereocenters. The third kappa shape index (κ3) is 3.69. The van der Waals surface area contributed by atoms with Crippen molar-refractivity contribution in [2.24, 2.45) is 0 Å².